The zero-order chi connectivity index (χ0) is 26.3. The highest BCUT2D eigenvalue weighted by Crippen LogP contribution is 2.34. The van der Waals surface area contributed by atoms with Crippen LogP contribution < -0.4 is 14.8 Å². The number of amides is 2. The second-order valence-electron chi connectivity index (χ2n) is 9.26. The van der Waals surface area contributed by atoms with Crippen LogP contribution in [-0.2, 0) is 17.9 Å². The fourth-order valence-electron chi connectivity index (χ4n) is 4.57. The minimum absolute atomic E-state index is 0.227. The van der Waals surface area contributed by atoms with Gasteiger partial charge >= 0.3 is 0 Å². The highest BCUT2D eigenvalue weighted by molar-refractivity contribution is 6.00. The van der Waals surface area contributed by atoms with E-state index in [1.807, 2.05) is 91.9 Å². The van der Waals surface area contributed by atoms with E-state index >= 15 is 0 Å². The Morgan fingerprint density at radius 1 is 0.789 bits per heavy atom. The summed E-state index contributed by atoms with van der Waals surface area (Å²) in [5, 5.41) is 3.07. The first kappa shape index (κ1) is 25.1. The Kier molecular flexibility index (Phi) is 7.69. The van der Waals surface area contributed by atoms with Gasteiger partial charge in [0.15, 0.2) is 0 Å². The van der Waals surface area contributed by atoms with Crippen LogP contribution >= 0.6 is 0 Å². The fraction of sp³-hybridized carbons (Fsp3) is 0.188. The number of hydrogen-bond acceptors (Lipinski definition) is 4. The van der Waals surface area contributed by atoms with Crippen LogP contribution in [0.25, 0.3) is 0 Å². The lowest BCUT2D eigenvalue weighted by atomic mass is 10.00. The first-order valence-corrected chi connectivity index (χ1v) is 12.7. The number of fused-ring (bicyclic) bond motifs is 2. The first-order chi connectivity index (χ1) is 18.6. The fourth-order valence-corrected chi connectivity index (χ4v) is 4.57. The summed E-state index contributed by atoms with van der Waals surface area (Å²) in [5.74, 6) is 0.424. The van der Waals surface area contributed by atoms with Gasteiger partial charge in [-0.25, -0.2) is 0 Å². The van der Waals surface area contributed by atoms with E-state index in [-0.39, 0.29) is 31.6 Å². The smallest absolute Gasteiger partial charge is 0.258 e. The van der Waals surface area contributed by atoms with Gasteiger partial charge in [-0.3, -0.25) is 9.59 Å². The van der Waals surface area contributed by atoms with Crippen molar-refractivity contribution >= 4 is 11.8 Å². The molecule has 0 aliphatic carbocycles. The number of para-hydroxylation sites is 2. The van der Waals surface area contributed by atoms with E-state index < -0.39 is 6.04 Å². The van der Waals surface area contributed by atoms with E-state index in [9.17, 15) is 9.59 Å². The van der Waals surface area contributed by atoms with Crippen LogP contribution in [0.5, 0.6) is 11.5 Å². The van der Waals surface area contributed by atoms with Gasteiger partial charge in [-0.05, 0) is 36.2 Å². The topological polar surface area (TPSA) is 67.9 Å². The van der Waals surface area contributed by atoms with Crippen LogP contribution in [0.3, 0.4) is 0 Å². The molecule has 4 aromatic rings. The molecule has 0 fully saturated rings. The normalized spacial score (nSPS) is 15.2. The Balaban J connectivity index is 1.59. The van der Waals surface area contributed by atoms with E-state index in [0.29, 0.717) is 29.2 Å². The predicted octanol–water partition coefficient (Wildman–Crippen LogP) is 5.47. The molecule has 0 saturated heterocycles. The van der Waals surface area contributed by atoms with Crippen molar-refractivity contribution in [2.45, 2.75) is 26.1 Å². The molecule has 0 aromatic heterocycles. The molecular weight excluding hydrogens is 476 g/mol. The quantitative estimate of drug-likeness (QED) is 0.390. The van der Waals surface area contributed by atoms with Crippen LogP contribution in [0.1, 0.15) is 38.7 Å². The number of benzene rings is 4. The summed E-state index contributed by atoms with van der Waals surface area (Å²) >= 11 is 0. The molecule has 0 bridgehead atoms. The standard InChI is InChI=1S/C32H30N2O4/c1-23-15-17-24(18-16-23)21-33-31(35)30-26-11-5-7-13-28(26)37-19-20-38-29-14-8-6-12-27(29)32(36)34(30)22-25-9-3-2-4-10-25/h2-18,30H,19-22H2,1H3,(H,33,35). The summed E-state index contributed by atoms with van der Waals surface area (Å²) in [7, 11) is 0. The number of hydrogen-bond donors (Lipinski definition) is 1. The third-order valence-corrected chi connectivity index (χ3v) is 6.53. The molecule has 5 rings (SSSR count). The van der Waals surface area contributed by atoms with Crippen molar-refractivity contribution in [2.24, 2.45) is 0 Å². The molecule has 4 aromatic carbocycles. The molecule has 1 aliphatic rings. The molecule has 6 nitrogen and oxygen atoms in total. The molecule has 0 spiro atoms. The van der Waals surface area contributed by atoms with Crippen LogP contribution in [0, 0.1) is 6.92 Å². The molecule has 6 heteroatoms. The molecule has 1 unspecified atom stereocenters. The maximum atomic E-state index is 14.2. The Hall–Kier alpha value is -4.58. The van der Waals surface area contributed by atoms with Crippen molar-refractivity contribution in [3.63, 3.8) is 0 Å². The minimum atomic E-state index is -0.935. The van der Waals surface area contributed by atoms with Crippen LogP contribution in [0.4, 0.5) is 0 Å². The van der Waals surface area contributed by atoms with E-state index in [0.717, 1.165) is 16.7 Å². The summed E-state index contributed by atoms with van der Waals surface area (Å²) in [6.07, 6.45) is 0. The van der Waals surface area contributed by atoms with E-state index in [1.54, 1.807) is 23.1 Å². The van der Waals surface area contributed by atoms with Crippen molar-refractivity contribution in [3.05, 3.63) is 131 Å². The van der Waals surface area contributed by atoms with Gasteiger partial charge in [0.05, 0.1) is 5.56 Å². The minimum Gasteiger partial charge on any atom is -0.490 e. The summed E-state index contributed by atoms with van der Waals surface area (Å²) in [6.45, 7) is 3.13. The van der Waals surface area contributed by atoms with Gasteiger partial charge < -0.3 is 19.7 Å². The van der Waals surface area contributed by atoms with Crippen molar-refractivity contribution in [3.8, 4) is 11.5 Å². The lowest BCUT2D eigenvalue weighted by Crippen LogP contribution is -2.43. The third-order valence-electron chi connectivity index (χ3n) is 6.53. The molecule has 1 atom stereocenters. The average molecular weight is 507 g/mol. The summed E-state index contributed by atoms with van der Waals surface area (Å²) < 4.78 is 12.0. The SMILES string of the molecule is Cc1ccc(CNC(=O)C2c3ccccc3OCCOc3ccccc3C(=O)N2Cc2ccccc2)cc1. The van der Waals surface area contributed by atoms with E-state index in [1.165, 1.54) is 0 Å². The largest absolute Gasteiger partial charge is 0.490 e. The van der Waals surface area contributed by atoms with Gasteiger partial charge in [-0.2, -0.15) is 0 Å². The van der Waals surface area contributed by atoms with Gasteiger partial charge in [-0.1, -0.05) is 90.5 Å². The summed E-state index contributed by atoms with van der Waals surface area (Å²) in [5.41, 5.74) is 4.06. The lowest BCUT2D eigenvalue weighted by Gasteiger charge is -2.32. The number of nitrogens with one attached hydrogen (secondary N) is 1. The molecule has 0 saturated carbocycles. The van der Waals surface area contributed by atoms with Gasteiger partial charge in [-0.15, -0.1) is 0 Å². The second-order valence-corrected chi connectivity index (χ2v) is 9.26. The van der Waals surface area contributed by atoms with Crippen molar-refractivity contribution in [2.75, 3.05) is 13.2 Å². The Bertz CT molecular complexity index is 1400. The number of rotatable bonds is 5. The number of nitrogens with zero attached hydrogens (tertiary/aromatic N) is 1. The van der Waals surface area contributed by atoms with Crippen LogP contribution in [-0.4, -0.2) is 29.9 Å². The number of carbonyl (C=O) groups excluding carboxylic acids is 2. The number of carbonyl (C=O) groups is 2. The number of aryl methyl sites for hydroxylation is 1. The van der Waals surface area contributed by atoms with Crippen molar-refractivity contribution < 1.29 is 19.1 Å². The molecular formula is C32H30N2O4. The third kappa shape index (κ3) is 5.70. The Labute approximate surface area is 222 Å². The molecule has 38 heavy (non-hydrogen) atoms. The number of ether oxygens (including phenoxy) is 2. The molecule has 1 aliphatic heterocycles. The van der Waals surface area contributed by atoms with Gasteiger partial charge in [0.1, 0.15) is 30.8 Å². The van der Waals surface area contributed by atoms with Crippen molar-refractivity contribution in [1.82, 2.24) is 10.2 Å². The zero-order valence-corrected chi connectivity index (χ0v) is 21.3. The van der Waals surface area contributed by atoms with Crippen molar-refractivity contribution in [1.29, 1.82) is 0 Å². The van der Waals surface area contributed by atoms with Gasteiger partial charge in [0, 0.05) is 18.7 Å². The second kappa shape index (κ2) is 11.6. The highest BCUT2D eigenvalue weighted by Gasteiger charge is 2.35. The van der Waals surface area contributed by atoms with E-state index in [2.05, 4.69) is 5.32 Å². The van der Waals surface area contributed by atoms with Crippen LogP contribution in [0.2, 0.25) is 0 Å². The first-order valence-electron chi connectivity index (χ1n) is 12.7. The molecule has 2 amide bonds. The molecule has 1 heterocycles. The average Bonchev–Trinajstić information content (AvgIpc) is 2.97. The monoisotopic (exact) mass is 506 g/mol. The molecule has 192 valence electrons. The van der Waals surface area contributed by atoms with E-state index in [4.69, 9.17) is 9.47 Å². The zero-order valence-electron chi connectivity index (χ0n) is 21.3. The van der Waals surface area contributed by atoms with Gasteiger partial charge in [0.2, 0.25) is 5.91 Å². The van der Waals surface area contributed by atoms with Gasteiger partial charge in [0.25, 0.3) is 5.91 Å². The highest BCUT2D eigenvalue weighted by atomic mass is 16.5. The molecule has 0 radical (unpaired) electrons. The maximum Gasteiger partial charge on any atom is 0.258 e. The summed E-state index contributed by atoms with van der Waals surface area (Å²) in [4.78, 5) is 29.9. The lowest BCUT2D eigenvalue weighted by molar-refractivity contribution is -0.126. The molecule has 1 N–H and O–H groups in total. The maximum absolute atomic E-state index is 14.2. The Morgan fingerprint density at radius 3 is 2.18 bits per heavy atom. The summed E-state index contributed by atoms with van der Waals surface area (Å²) in [6, 6.07) is 31.3. The Morgan fingerprint density at radius 2 is 1.42 bits per heavy atom. The predicted molar refractivity (Wildman–Crippen MR) is 146 cm³/mol. The van der Waals surface area contributed by atoms with Crippen LogP contribution in [0.15, 0.2) is 103 Å².